The topological polar surface area (TPSA) is 29.5 Å². The molecule has 1 N–H and O–H groups in total. The van der Waals surface area contributed by atoms with Crippen molar-refractivity contribution in [3.05, 3.63) is 59.2 Å². The molecule has 0 radical (unpaired) electrons. The Kier molecular flexibility index (Phi) is 4.26. The lowest BCUT2D eigenvalue weighted by Crippen LogP contribution is -2.02. The lowest BCUT2D eigenvalue weighted by molar-refractivity contribution is 0.173. The van der Waals surface area contributed by atoms with Crippen molar-refractivity contribution in [2.45, 2.75) is 45.1 Å². The van der Waals surface area contributed by atoms with Crippen molar-refractivity contribution >= 4 is 0 Å². The van der Waals surface area contributed by atoms with Crippen molar-refractivity contribution < 1.29 is 9.84 Å². The van der Waals surface area contributed by atoms with Gasteiger partial charge >= 0.3 is 0 Å². The third kappa shape index (κ3) is 3.27. The standard InChI is InChI=1S/C19H22O2/c1-2-19(20)15-8-10-17(11-9-15)21-18-12-7-14-5-3-4-6-16(14)13-18/h7-13,19-20H,2-6H2,1H3/t19-/m1/s1. The fraction of sp³-hybridized carbons (Fsp3) is 0.368. The Bertz CT molecular complexity index is 601. The van der Waals surface area contributed by atoms with Crippen LogP contribution in [-0.4, -0.2) is 5.11 Å². The summed E-state index contributed by atoms with van der Waals surface area (Å²) < 4.78 is 5.93. The number of rotatable bonds is 4. The third-order valence-electron chi connectivity index (χ3n) is 4.21. The van der Waals surface area contributed by atoms with Gasteiger partial charge in [0.2, 0.25) is 0 Å². The monoisotopic (exact) mass is 282 g/mol. The lowest BCUT2D eigenvalue weighted by atomic mass is 9.92. The zero-order valence-electron chi connectivity index (χ0n) is 12.5. The van der Waals surface area contributed by atoms with Gasteiger partial charge in [0.1, 0.15) is 11.5 Å². The Morgan fingerprint density at radius 2 is 1.62 bits per heavy atom. The summed E-state index contributed by atoms with van der Waals surface area (Å²) in [6, 6.07) is 14.1. The lowest BCUT2D eigenvalue weighted by Gasteiger charge is -2.17. The highest BCUT2D eigenvalue weighted by atomic mass is 16.5. The first kappa shape index (κ1) is 14.2. The Morgan fingerprint density at radius 1 is 0.952 bits per heavy atom. The number of fused-ring (bicyclic) bond motifs is 1. The van der Waals surface area contributed by atoms with Crippen molar-refractivity contribution in [1.29, 1.82) is 0 Å². The number of ether oxygens (including phenoxy) is 1. The molecule has 0 bridgehead atoms. The second kappa shape index (κ2) is 6.31. The average molecular weight is 282 g/mol. The molecule has 0 amide bonds. The van der Waals surface area contributed by atoms with Crippen LogP contribution < -0.4 is 4.74 Å². The molecule has 0 heterocycles. The summed E-state index contributed by atoms with van der Waals surface area (Å²) in [7, 11) is 0. The fourth-order valence-corrected chi connectivity index (χ4v) is 2.90. The van der Waals surface area contributed by atoms with Gasteiger partial charge < -0.3 is 9.84 Å². The van der Waals surface area contributed by atoms with Gasteiger partial charge in [-0.05, 0) is 73.1 Å². The predicted molar refractivity (Wildman–Crippen MR) is 84.9 cm³/mol. The summed E-state index contributed by atoms with van der Waals surface area (Å²) in [6.45, 7) is 1.97. The fourth-order valence-electron chi connectivity index (χ4n) is 2.90. The molecule has 0 saturated carbocycles. The van der Waals surface area contributed by atoms with Crippen LogP contribution in [0.4, 0.5) is 0 Å². The molecule has 0 saturated heterocycles. The van der Waals surface area contributed by atoms with Crippen LogP contribution in [0.25, 0.3) is 0 Å². The van der Waals surface area contributed by atoms with Gasteiger partial charge in [-0.15, -0.1) is 0 Å². The van der Waals surface area contributed by atoms with Gasteiger partial charge in [-0.25, -0.2) is 0 Å². The van der Waals surface area contributed by atoms with Gasteiger partial charge in [0.15, 0.2) is 0 Å². The molecule has 1 aliphatic carbocycles. The van der Waals surface area contributed by atoms with E-state index in [2.05, 4.69) is 18.2 Å². The molecule has 1 atom stereocenters. The van der Waals surface area contributed by atoms with Crippen LogP contribution in [0.15, 0.2) is 42.5 Å². The Balaban J connectivity index is 1.74. The van der Waals surface area contributed by atoms with Crippen molar-refractivity contribution in [3.63, 3.8) is 0 Å². The maximum Gasteiger partial charge on any atom is 0.127 e. The van der Waals surface area contributed by atoms with E-state index in [-0.39, 0.29) is 6.10 Å². The highest BCUT2D eigenvalue weighted by Crippen LogP contribution is 2.29. The van der Waals surface area contributed by atoms with Crippen molar-refractivity contribution in [3.8, 4) is 11.5 Å². The first-order valence-electron chi connectivity index (χ1n) is 7.84. The SMILES string of the molecule is CC[C@@H](O)c1ccc(Oc2ccc3c(c2)CCCC3)cc1. The molecular formula is C19H22O2. The normalized spacial score (nSPS) is 15.3. The van der Waals surface area contributed by atoms with Gasteiger partial charge in [-0.2, -0.15) is 0 Å². The van der Waals surface area contributed by atoms with E-state index in [1.165, 1.54) is 30.4 Å². The summed E-state index contributed by atoms with van der Waals surface area (Å²) in [5.41, 5.74) is 3.84. The molecule has 110 valence electrons. The molecule has 0 aromatic heterocycles. The highest BCUT2D eigenvalue weighted by molar-refractivity contribution is 5.40. The first-order valence-corrected chi connectivity index (χ1v) is 7.84. The summed E-state index contributed by atoms with van der Waals surface area (Å²) >= 11 is 0. The molecular weight excluding hydrogens is 260 g/mol. The van der Waals surface area contributed by atoms with Crippen LogP contribution in [0.1, 0.15) is 49.0 Å². The van der Waals surface area contributed by atoms with Crippen LogP contribution in [0, 0.1) is 0 Å². The first-order chi connectivity index (χ1) is 10.3. The molecule has 1 aliphatic rings. The van der Waals surface area contributed by atoms with E-state index in [1.54, 1.807) is 0 Å². The molecule has 0 spiro atoms. The number of hydrogen-bond acceptors (Lipinski definition) is 2. The maximum absolute atomic E-state index is 9.80. The van der Waals surface area contributed by atoms with Gasteiger partial charge in [0.25, 0.3) is 0 Å². The molecule has 0 fully saturated rings. The van der Waals surface area contributed by atoms with Crippen LogP contribution >= 0.6 is 0 Å². The molecule has 0 aliphatic heterocycles. The van der Waals surface area contributed by atoms with Crippen molar-refractivity contribution in [2.24, 2.45) is 0 Å². The van der Waals surface area contributed by atoms with Crippen molar-refractivity contribution in [2.75, 3.05) is 0 Å². The van der Waals surface area contributed by atoms with E-state index in [0.29, 0.717) is 0 Å². The Hall–Kier alpha value is -1.80. The summed E-state index contributed by atoms with van der Waals surface area (Å²) in [4.78, 5) is 0. The molecule has 2 aromatic carbocycles. The number of benzene rings is 2. The molecule has 3 rings (SSSR count). The van der Waals surface area contributed by atoms with E-state index in [9.17, 15) is 5.11 Å². The van der Waals surface area contributed by atoms with Gasteiger partial charge in [-0.1, -0.05) is 25.1 Å². The minimum absolute atomic E-state index is 0.386. The number of aliphatic hydroxyl groups is 1. The summed E-state index contributed by atoms with van der Waals surface area (Å²) in [6.07, 6.45) is 5.27. The van der Waals surface area contributed by atoms with Crippen molar-refractivity contribution in [1.82, 2.24) is 0 Å². The molecule has 21 heavy (non-hydrogen) atoms. The maximum atomic E-state index is 9.80. The summed E-state index contributed by atoms with van der Waals surface area (Å²) in [5, 5.41) is 9.80. The van der Waals surface area contributed by atoms with Crippen LogP contribution in [-0.2, 0) is 12.8 Å². The zero-order valence-corrected chi connectivity index (χ0v) is 12.5. The largest absolute Gasteiger partial charge is 0.457 e. The Morgan fingerprint density at radius 3 is 2.33 bits per heavy atom. The molecule has 0 unspecified atom stereocenters. The second-order valence-corrected chi connectivity index (χ2v) is 5.73. The minimum atomic E-state index is -0.386. The average Bonchev–Trinajstić information content (AvgIpc) is 2.55. The van der Waals surface area contributed by atoms with E-state index >= 15 is 0 Å². The Labute approximate surface area is 126 Å². The van der Waals surface area contributed by atoms with Crippen LogP contribution in [0.2, 0.25) is 0 Å². The molecule has 2 nitrogen and oxygen atoms in total. The number of hydrogen-bond donors (Lipinski definition) is 1. The van der Waals surface area contributed by atoms with E-state index in [0.717, 1.165) is 29.9 Å². The van der Waals surface area contributed by atoms with E-state index in [4.69, 9.17) is 4.74 Å². The quantitative estimate of drug-likeness (QED) is 0.872. The zero-order chi connectivity index (χ0) is 14.7. The van der Waals surface area contributed by atoms with E-state index < -0.39 is 0 Å². The second-order valence-electron chi connectivity index (χ2n) is 5.73. The van der Waals surface area contributed by atoms with Gasteiger partial charge in [-0.3, -0.25) is 0 Å². The number of aliphatic hydroxyl groups excluding tert-OH is 1. The summed E-state index contributed by atoms with van der Waals surface area (Å²) in [5.74, 6) is 1.72. The molecule has 2 heteroatoms. The highest BCUT2D eigenvalue weighted by Gasteiger charge is 2.10. The number of aryl methyl sites for hydroxylation is 2. The predicted octanol–water partition coefficient (Wildman–Crippen LogP) is 4.80. The van der Waals surface area contributed by atoms with Crippen LogP contribution in [0.3, 0.4) is 0 Å². The van der Waals surface area contributed by atoms with Crippen LogP contribution in [0.5, 0.6) is 11.5 Å². The molecule has 2 aromatic rings. The smallest absolute Gasteiger partial charge is 0.127 e. The third-order valence-corrected chi connectivity index (χ3v) is 4.21. The van der Waals surface area contributed by atoms with Gasteiger partial charge in [0.05, 0.1) is 6.10 Å². The van der Waals surface area contributed by atoms with E-state index in [1.807, 2.05) is 31.2 Å². The minimum Gasteiger partial charge on any atom is -0.457 e. The van der Waals surface area contributed by atoms with Gasteiger partial charge in [0, 0.05) is 0 Å².